The molecule has 1 rings (SSSR count). The van der Waals surface area contributed by atoms with E-state index in [1.165, 1.54) is 0 Å². The summed E-state index contributed by atoms with van der Waals surface area (Å²) < 4.78 is 6.64. The third-order valence-electron chi connectivity index (χ3n) is 2.36. The topological polar surface area (TPSA) is 9.23 Å². The first-order valence-electron chi connectivity index (χ1n) is 5.67. The van der Waals surface area contributed by atoms with Gasteiger partial charge in [0, 0.05) is 6.42 Å². The number of hydrogen-bond acceptors (Lipinski definition) is 1. The molecule has 0 aliphatic rings. The van der Waals surface area contributed by atoms with E-state index in [0.29, 0.717) is 0 Å². The summed E-state index contributed by atoms with van der Waals surface area (Å²) in [6.45, 7) is 5.63. The summed E-state index contributed by atoms with van der Waals surface area (Å²) in [5.74, 6) is 0.937. The zero-order valence-corrected chi connectivity index (χ0v) is 10.6. The van der Waals surface area contributed by atoms with Gasteiger partial charge in [-0.2, -0.15) is 0 Å². The zero-order chi connectivity index (χ0) is 12.0. The van der Waals surface area contributed by atoms with E-state index >= 15 is 0 Å². The van der Waals surface area contributed by atoms with Crippen LogP contribution in [0.3, 0.4) is 0 Å². The van der Waals surface area contributed by atoms with Gasteiger partial charge in [0.1, 0.15) is 5.75 Å². The first kappa shape index (κ1) is 12.8. The van der Waals surface area contributed by atoms with Crippen LogP contribution in [0.2, 0.25) is 0 Å². The fourth-order valence-corrected chi connectivity index (χ4v) is 1.43. The normalized spacial score (nSPS) is 11.2. The maximum absolute atomic E-state index is 5.66. The molecule has 16 heavy (non-hydrogen) atoms. The molecule has 0 amide bonds. The number of rotatable bonds is 6. The van der Waals surface area contributed by atoms with Gasteiger partial charge >= 0.3 is 0 Å². The zero-order valence-electron chi connectivity index (χ0n) is 10.6. The molecule has 88 valence electrons. The van der Waals surface area contributed by atoms with E-state index in [0.717, 1.165) is 35.4 Å². The second-order valence-corrected chi connectivity index (χ2v) is 4.99. The first-order valence-corrected chi connectivity index (χ1v) is 5.67. The number of quaternary nitrogens is 1. The lowest BCUT2D eigenvalue weighted by Crippen LogP contribution is -2.35. The summed E-state index contributed by atoms with van der Waals surface area (Å²) in [6, 6.07) is 8.01. The molecule has 0 saturated heterocycles. The maximum atomic E-state index is 5.66. The molecule has 0 bridgehead atoms. The second kappa shape index (κ2) is 5.71. The Morgan fingerprint density at radius 2 is 1.81 bits per heavy atom. The lowest BCUT2D eigenvalue weighted by molar-refractivity contribution is -0.870. The molecule has 2 nitrogen and oxygen atoms in total. The van der Waals surface area contributed by atoms with E-state index in [1.54, 1.807) is 0 Å². The van der Waals surface area contributed by atoms with Crippen molar-refractivity contribution in [1.82, 2.24) is 0 Å². The average Bonchev–Trinajstić information content (AvgIpc) is 2.24. The van der Waals surface area contributed by atoms with Crippen molar-refractivity contribution < 1.29 is 9.22 Å². The van der Waals surface area contributed by atoms with Crippen LogP contribution in [-0.2, 0) is 0 Å². The van der Waals surface area contributed by atoms with Crippen molar-refractivity contribution in [3.05, 3.63) is 36.4 Å². The third-order valence-corrected chi connectivity index (χ3v) is 2.36. The molecule has 1 aromatic rings. The molecular weight excluding hydrogens is 198 g/mol. The van der Waals surface area contributed by atoms with Crippen molar-refractivity contribution in [2.45, 2.75) is 6.42 Å². The Morgan fingerprint density at radius 1 is 1.19 bits per heavy atom. The van der Waals surface area contributed by atoms with Gasteiger partial charge in [0.2, 0.25) is 0 Å². The molecule has 0 spiro atoms. The molecule has 1 aromatic carbocycles. The molecule has 0 saturated carbocycles. The summed E-state index contributed by atoms with van der Waals surface area (Å²) in [4.78, 5) is 0. The Labute approximate surface area is 98.7 Å². The minimum Gasteiger partial charge on any atom is -0.493 e. The van der Waals surface area contributed by atoms with Gasteiger partial charge in [-0.1, -0.05) is 24.8 Å². The van der Waals surface area contributed by atoms with E-state index in [-0.39, 0.29) is 0 Å². The molecule has 0 aliphatic heterocycles. The van der Waals surface area contributed by atoms with Gasteiger partial charge in [0.15, 0.2) is 0 Å². The molecule has 0 aliphatic carbocycles. The fourth-order valence-electron chi connectivity index (χ4n) is 1.43. The van der Waals surface area contributed by atoms with Crippen molar-refractivity contribution in [1.29, 1.82) is 0 Å². The molecule has 2 heteroatoms. The monoisotopic (exact) mass is 220 g/mol. The van der Waals surface area contributed by atoms with E-state index < -0.39 is 0 Å². The SMILES string of the molecule is C=Cc1ccc(OCCC[N+](C)(C)C)cc1. The van der Waals surface area contributed by atoms with Crippen LogP contribution in [0.25, 0.3) is 6.08 Å². The predicted molar refractivity (Wildman–Crippen MR) is 69.5 cm³/mol. The van der Waals surface area contributed by atoms with Crippen molar-refractivity contribution in [2.75, 3.05) is 34.3 Å². The molecule has 0 fully saturated rings. The van der Waals surface area contributed by atoms with E-state index in [2.05, 4.69) is 27.7 Å². The van der Waals surface area contributed by atoms with Gasteiger partial charge in [0.25, 0.3) is 0 Å². The Morgan fingerprint density at radius 3 is 2.31 bits per heavy atom. The van der Waals surface area contributed by atoms with Crippen LogP contribution in [0, 0.1) is 0 Å². The van der Waals surface area contributed by atoms with Gasteiger partial charge in [-0.15, -0.1) is 0 Å². The first-order chi connectivity index (χ1) is 7.51. The number of hydrogen-bond donors (Lipinski definition) is 0. The highest BCUT2D eigenvalue weighted by molar-refractivity contribution is 5.48. The Bertz CT molecular complexity index is 322. The lowest BCUT2D eigenvalue weighted by atomic mass is 10.2. The second-order valence-electron chi connectivity index (χ2n) is 4.99. The largest absolute Gasteiger partial charge is 0.493 e. The van der Waals surface area contributed by atoms with Crippen LogP contribution in [-0.4, -0.2) is 38.8 Å². The van der Waals surface area contributed by atoms with Gasteiger partial charge in [-0.05, 0) is 17.7 Å². The van der Waals surface area contributed by atoms with Crippen LogP contribution < -0.4 is 4.74 Å². The minimum absolute atomic E-state index is 0.781. The van der Waals surface area contributed by atoms with Gasteiger partial charge in [-0.3, -0.25) is 0 Å². The number of benzene rings is 1. The molecule has 0 atom stereocenters. The van der Waals surface area contributed by atoms with Crippen LogP contribution in [0.5, 0.6) is 5.75 Å². The van der Waals surface area contributed by atoms with E-state index in [4.69, 9.17) is 4.74 Å². The highest BCUT2D eigenvalue weighted by atomic mass is 16.5. The predicted octanol–water partition coefficient (Wildman–Crippen LogP) is 2.80. The molecule has 0 N–H and O–H groups in total. The average molecular weight is 220 g/mol. The van der Waals surface area contributed by atoms with Gasteiger partial charge < -0.3 is 9.22 Å². The Kier molecular flexibility index (Phi) is 4.56. The van der Waals surface area contributed by atoms with Crippen molar-refractivity contribution in [3.8, 4) is 5.75 Å². The van der Waals surface area contributed by atoms with E-state index in [1.807, 2.05) is 30.3 Å². The summed E-state index contributed by atoms with van der Waals surface area (Å²) in [5.41, 5.74) is 1.12. The van der Waals surface area contributed by atoms with Gasteiger partial charge in [-0.25, -0.2) is 0 Å². The van der Waals surface area contributed by atoms with Crippen LogP contribution in [0.15, 0.2) is 30.8 Å². The molecule has 0 unspecified atom stereocenters. The minimum atomic E-state index is 0.781. The Balaban J connectivity index is 2.29. The van der Waals surface area contributed by atoms with Crippen LogP contribution >= 0.6 is 0 Å². The van der Waals surface area contributed by atoms with Crippen molar-refractivity contribution >= 4 is 6.08 Å². The highest BCUT2D eigenvalue weighted by Crippen LogP contribution is 2.13. The number of nitrogens with zero attached hydrogens (tertiary/aromatic N) is 1. The number of ether oxygens (including phenoxy) is 1. The van der Waals surface area contributed by atoms with Crippen LogP contribution in [0.1, 0.15) is 12.0 Å². The summed E-state index contributed by atoms with van der Waals surface area (Å²) in [7, 11) is 6.58. The van der Waals surface area contributed by atoms with Crippen molar-refractivity contribution in [3.63, 3.8) is 0 Å². The maximum Gasteiger partial charge on any atom is 0.119 e. The molecular formula is C14H22NO+. The summed E-state index contributed by atoms with van der Waals surface area (Å²) in [6.07, 6.45) is 2.91. The smallest absolute Gasteiger partial charge is 0.119 e. The Hall–Kier alpha value is -1.28. The standard InChI is InChI=1S/C14H22NO/c1-5-13-7-9-14(10-8-13)16-12-6-11-15(2,3)4/h5,7-10H,1,6,11-12H2,2-4H3/q+1. The summed E-state index contributed by atoms with van der Waals surface area (Å²) in [5, 5.41) is 0. The molecule has 0 heterocycles. The lowest BCUT2D eigenvalue weighted by Gasteiger charge is -2.23. The molecule has 0 radical (unpaired) electrons. The van der Waals surface area contributed by atoms with Crippen LogP contribution in [0.4, 0.5) is 0 Å². The van der Waals surface area contributed by atoms with E-state index in [9.17, 15) is 0 Å². The van der Waals surface area contributed by atoms with Gasteiger partial charge in [0.05, 0.1) is 34.3 Å². The quantitative estimate of drug-likeness (QED) is 0.529. The highest BCUT2D eigenvalue weighted by Gasteiger charge is 2.05. The van der Waals surface area contributed by atoms with Crippen molar-refractivity contribution in [2.24, 2.45) is 0 Å². The summed E-state index contributed by atoms with van der Waals surface area (Å²) >= 11 is 0. The molecule has 0 aromatic heterocycles. The third kappa shape index (κ3) is 4.99. The fraction of sp³-hybridized carbons (Fsp3) is 0.429.